The fourth-order valence-electron chi connectivity index (χ4n) is 3.40. The van der Waals surface area contributed by atoms with Crippen LogP contribution in [0.4, 0.5) is 0 Å². The summed E-state index contributed by atoms with van der Waals surface area (Å²) in [5, 5.41) is 39.6. The highest BCUT2D eigenvalue weighted by atomic mass is 16.9. The summed E-state index contributed by atoms with van der Waals surface area (Å²) in [5.41, 5.74) is -1.24. The summed E-state index contributed by atoms with van der Waals surface area (Å²) >= 11 is 0. The van der Waals surface area contributed by atoms with Gasteiger partial charge in [0.1, 0.15) is 23.9 Å². The molecule has 0 aliphatic carbocycles. The maximum absolute atomic E-state index is 10.2. The van der Waals surface area contributed by atoms with Gasteiger partial charge >= 0.3 is 0 Å². The monoisotopic (exact) mass is 306 g/mol. The summed E-state index contributed by atoms with van der Waals surface area (Å²) in [6.45, 7) is 4.89. The van der Waals surface area contributed by atoms with Gasteiger partial charge in [-0.05, 0) is 20.8 Å². The summed E-state index contributed by atoms with van der Waals surface area (Å²) < 4.78 is 22.4. The van der Waals surface area contributed by atoms with Crippen molar-refractivity contribution in [3.63, 3.8) is 0 Å². The zero-order valence-corrected chi connectivity index (χ0v) is 12.2. The minimum atomic E-state index is -1.57. The molecular formula is C13H22O8. The van der Waals surface area contributed by atoms with Crippen molar-refractivity contribution in [2.24, 2.45) is 0 Å². The largest absolute Gasteiger partial charge is 0.390 e. The van der Waals surface area contributed by atoms with Crippen molar-refractivity contribution in [1.29, 1.82) is 0 Å². The van der Waals surface area contributed by atoms with E-state index in [2.05, 4.69) is 0 Å². The topological polar surface area (TPSA) is 118 Å². The first kappa shape index (κ1) is 15.6. The van der Waals surface area contributed by atoms with E-state index in [1.54, 1.807) is 20.8 Å². The lowest BCUT2D eigenvalue weighted by Gasteiger charge is -2.43. The van der Waals surface area contributed by atoms with Crippen molar-refractivity contribution in [1.82, 2.24) is 0 Å². The van der Waals surface area contributed by atoms with Gasteiger partial charge in [0.15, 0.2) is 6.29 Å². The lowest BCUT2D eigenvalue weighted by molar-refractivity contribution is -0.403. The highest BCUT2D eigenvalue weighted by Crippen LogP contribution is 2.49. The van der Waals surface area contributed by atoms with Crippen LogP contribution in [0.15, 0.2) is 0 Å². The zero-order chi connectivity index (χ0) is 15.6. The van der Waals surface area contributed by atoms with E-state index in [-0.39, 0.29) is 6.42 Å². The summed E-state index contributed by atoms with van der Waals surface area (Å²) in [6.07, 6.45) is -6.83. The molecule has 3 rings (SSSR count). The van der Waals surface area contributed by atoms with Crippen molar-refractivity contribution in [2.75, 3.05) is 0 Å². The van der Waals surface area contributed by atoms with E-state index >= 15 is 0 Å². The molecule has 0 bridgehead atoms. The van der Waals surface area contributed by atoms with E-state index in [9.17, 15) is 20.4 Å². The number of hydrogen-bond acceptors (Lipinski definition) is 8. The third-order valence-corrected chi connectivity index (χ3v) is 4.58. The van der Waals surface area contributed by atoms with Gasteiger partial charge in [-0.1, -0.05) is 0 Å². The molecule has 3 heterocycles. The van der Waals surface area contributed by atoms with Gasteiger partial charge in [0, 0.05) is 0 Å². The van der Waals surface area contributed by atoms with E-state index in [0.29, 0.717) is 0 Å². The molecule has 8 heteroatoms. The van der Waals surface area contributed by atoms with Gasteiger partial charge in [0.2, 0.25) is 0 Å². The van der Waals surface area contributed by atoms with Gasteiger partial charge < -0.3 is 39.4 Å². The van der Waals surface area contributed by atoms with Gasteiger partial charge in [-0.15, -0.1) is 0 Å². The average molecular weight is 306 g/mol. The Bertz CT molecular complexity index is 405. The predicted octanol–water partition coefficient (Wildman–Crippen LogP) is -1.56. The van der Waals surface area contributed by atoms with E-state index in [1.165, 1.54) is 0 Å². The van der Waals surface area contributed by atoms with Gasteiger partial charge in [-0.2, -0.15) is 0 Å². The second-order valence-corrected chi connectivity index (χ2v) is 6.27. The molecule has 0 radical (unpaired) electrons. The molecule has 0 aromatic heterocycles. The summed E-state index contributed by atoms with van der Waals surface area (Å²) in [7, 11) is 0. The van der Waals surface area contributed by atoms with Crippen LogP contribution in [-0.4, -0.2) is 74.9 Å². The number of hydrogen-bond donors (Lipinski definition) is 4. The van der Waals surface area contributed by atoms with Crippen LogP contribution >= 0.6 is 0 Å². The quantitative estimate of drug-likeness (QED) is 0.424. The van der Waals surface area contributed by atoms with Crippen LogP contribution in [0.25, 0.3) is 0 Å². The van der Waals surface area contributed by atoms with Crippen molar-refractivity contribution in [3.8, 4) is 0 Å². The number of rotatable bonds is 0. The summed E-state index contributed by atoms with van der Waals surface area (Å²) in [6, 6.07) is 0. The maximum Gasteiger partial charge on any atom is 0.287 e. The van der Waals surface area contributed by atoms with Crippen LogP contribution in [0.3, 0.4) is 0 Å². The van der Waals surface area contributed by atoms with E-state index in [4.69, 9.17) is 18.9 Å². The van der Waals surface area contributed by atoms with Crippen LogP contribution in [0.1, 0.15) is 27.2 Å². The van der Waals surface area contributed by atoms with E-state index < -0.39 is 54.5 Å². The molecule has 0 saturated carbocycles. The predicted molar refractivity (Wildman–Crippen MR) is 66.8 cm³/mol. The third kappa shape index (κ3) is 2.22. The molecule has 0 aromatic carbocycles. The number of ether oxygens (including phenoxy) is 4. The smallest absolute Gasteiger partial charge is 0.287 e. The van der Waals surface area contributed by atoms with Crippen LogP contribution in [0.2, 0.25) is 0 Å². The molecule has 1 spiro atoms. The van der Waals surface area contributed by atoms with Crippen LogP contribution in [0.5, 0.6) is 0 Å². The fraction of sp³-hybridized carbons (Fsp3) is 1.00. The standard InChI is InChI=1S/C13H22O8/c1-5-8(15)7(14)4-13(19-5)20-10-6(2)18-11(17)9(16)12(10,3)21-13/h5-11,14-17H,4H2,1-3H3/t5-,6-,7-,8-,9-,10-,11-,12-,13-/m1/s1. The van der Waals surface area contributed by atoms with Crippen molar-refractivity contribution in [3.05, 3.63) is 0 Å². The van der Waals surface area contributed by atoms with Gasteiger partial charge in [-0.3, -0.25) is 0 Å². The molecule has 0 unspecified atom stereocenters. The molecule has 122 valence electrons. The second-order valence-electron chi connectivity index (χ2n) is 6.27. The van der Waals surface area contributed by atoms with Crippen molar-refractivity contribution in [2.45, 2.75) is 81.7 Å². The van der Waals surface area contributed by atoms with Crippen LogP contribution in [-0.2, 0) is 18.9 Å². The Kier molecular flexibility index (Phi) is 3.59. The number of aliphatic hydroxyl groups is 4. The van der Waals surface area contributed by atoms with Crippen LogP contribution in [0, 0.1) is 0 Å². The van der Waals surface area contributed by atoms with Crippen molar-refractivity contribution < 1.29 is 39.4 Å². The molecular weight excluding hydrogens is 284 g/mol. The Hall–Kier alpha value is -0.320. The number of aliphatic hydroxyl groups excluding tert-OH is 4. The van der Waals surface area contributed by atoms with E-state index in [0.717, 1.165) is 0 Å². The van der Waals surface area contributed by atoms with Gasteiger partial charge in [-0.25, -0.2) is 0 Å². The van der Waals surface area contributed by atoms with Crippen LogP contribution < -0.4 is 0 Å². The zero-order valence-electron chi connectivity index (χ0n) is 12.2. The highest BCUT2D eigenvalue weighted by Gasteiger charge is 2.66. The molecule has 3 saturated heterocycles. The van der Waals surface area contributed by atoms with Gasteiger partial charge in [0.25, 0.3) is 5.97 Å². The fourth-order valence-corrected chi connectivity index (χ4v) is 3.40. The third-order valence-electron chi connectivity index (χ3n) is 4.58. The number of fused-ring (bicyclic) bond motifs is 1. The molecule has 21 heavy (non-hydrogen) atoms. The molecule has 4 N–H and O–H groups in total. The Labute approximate surface area is 122 Å². The lowest BCUT2D eigenvalue weighted by atomic mass is 9.86. The lowest BCUT2D eigenvalue weighted by Crippen LogP contribution is -2.63. The first-order valence-electron chi connectivity index (χ1n) is 7.12. The first-order chi connectivity index (χ1) is 9.68. The van der Waals surface area contributed by atoms with Gasteiger partial charge in [0.05, 0.1) is 24.7 Å². The summed E-state index contributed by atoms with van der Waals surface area (Å²) in [4.78, 5) is 0. The minimum absolute atomic E-state index is 0.0971. The first-order valence-corrected chi connectivity index (χ1v) is 7.12. The highest BCUT2D eigenvalue weighted by molar-refractivity contribution is 5.05. The molecule has 3 aliphatic heterocycles. The molecule has 3 fully saturated rings. The molecule has 3 aliphatic rings. The molecule has 0 amide bonds. The average Bonchev–Trinajstić information content (AvgIpc) is 2.68. The Balaban J connectivity index is 1.89. The molecule has 8 nitrogen and oxygen atoms in total. The SMILES string of the molecule is C[C@H]1O[C@]2(C[C@@H](O)[C@@H]1O)O[C@@H]1[C@@H](C)O[C@@H](O)[C@@H](O)[C@@]1(C)O2. The molecule has 0 aromatic rings. The maximum atomic E-state index is 10.2. The Morgan fingerprint density at radius 2 is 1.67 bits per heavy atom. The minimum Gasteiger partial charge on any atom is -0.390 e. The van der Waals surface area contributed by atoms with Crippen molar-refractivity contribution >= 4 is 0 Å². The van der Waals surface area contributed by atoms with E-state index in [1.807, 2.05) is 0 Å². The molecule has 9 atom stereocenters. The normalized spacial score (nSPS) is 61.0. The Morgan fingerprint density at radius 1 is 1.00 bits per heavy atom. The second kappa shape index (κ2) is 4.84. The Morgan fingerprint density at radius 3 is 2.29 bits per heavy atom. The summed E-state index contributed by atoms with van der Waals surface area (Å²) in [5.74, 6) is -1.57.